The Morgan fingerprint density at radius 2 is 2.12 bits per heavy atom. The molecule has 0 unspecified atom stereocenters. The number of ether oxygens (including phenoxy) is 1. The van der Waals surface area contributed by atoms with Crippen LogP contribution in [0.4, 0.5) is 0 Å². The second-order valence-electron chi connectivity index (χ2n) is 3.87. The van der Waals surface area contributed by atoms with E-state index >= 15 is 0 Å². The Kier molecular flexibility index (Phi) is 4.53. The molecule has 0 spiro atoms. The van der Waals surface area contributed by atoms with E-state index < -0.39 is 5.91 Å². The second-order valence-corrected chi connectivity index (χ2v) is 3.87. The van der Waals surface area contributed by atoms with E-state index in [2.05, 4.69) is 5.32 Å². The Labute approximate surface area is 101 Å². The van der Waals surface area contributed by atoms with E-state index in [9.17, 15) is 4.79 Å². The summed E-state index contributed by atoms with van der Waals surface area (Å²) < 4.78 is 5.23. The van der Waals surface area contributed by atoms with Gasteiger partial charge in [0.15, 0.2) is 6.07 Å². The van der Waals surface area contributed by atoms with E-state index in [1.54, 1.807) is 7.11 Å². The topological polar surface area (TPSA) is 62.1 Å². The van der Waals surface area contributed by atoms with E-state index in [4.69, 9.17) is 10.00 Å². The fourth-order valence-corrected chi connectivity index (χ4v) is 1.69. The molecule has 0 aliphatic rings. The van der Waals surface area contributed by atoms with E-state index in [1.165, 1.54) is 6.07 Å². The zero-order valence-electron chi connectivity index (χ0n) is 10.3. The zero-order chi connectivity index (χ0) is 12.8. The summed E-state index contributed by atoms with van der Waals surface area (Å²) in [7, 11) is 1.65. The van der Waals surface area contributed by atoms with Crippen LogP contribution in [-0.2, 0) is 11.2 Å². The smallest absolute Gasteiger partial charge is 0.322 e. The molecule has 0 atom stereocenters. The fourth-order valence-electron chi connectivity index (χ4n) is 1.69. The number of hydrogen-bond donors (Lipinski definition) is 1. The monoisotopic (exact) mass is 232 g/mol. The number of amides is 1. The molecule has 0 bridgehead atoms. The molecule has 1 amide bonds. The van der Waals surface area contributed by atoms with E-state index in [0.717, 1.165) is 22.4 Å². The third kappa shape index (κ3) is 3.49. The molecule has 0 aliphatic carbocycles. The Hall–Kier alpha value is -2.02. The van der Waals surface area contributed by atoms with Crippen molar-refractivity contribution in [3.05, 3.63) is 28.8 Å². The summed E-state index contributed by atoms with van der Waals surface area (Å²) in [4.78, 5) is 10.8. The Bertz CT molecular complexity index is 461. The van der Waals surface area contributed by atoms with Crippen molar-refractivity contribution in [1.29, 1.82) is 5.26 Å². The van der Waals surface area contributed by atoms with Crippen molar-refractivity contribution in [3.8, 4) is 11.8 Å². The highest BCUT2D eigenvalue weighted by Gasteiger charge is 2.05. The second kappa shape index (κ2) is 5.90. The summed E-state index contributed by atoms with van der Waals surface area (Å²) in [5.41, 5.74) is 3.35. The summed E-state index contributed by atoms with van der Waals surface area (Å²) in [5, 5.41) is 10.8. The van der Waals surface area contributed by atoms with Gasteiger partial charge in [0.25, 0.3) is 0 Å². The van der Waals surface area contributed by atoms with Crippen LogP contribution in [-0.4, -0.2) is 19.6 Å². The predicted octanol–water partition coefficient (Wildman–Crippen LogP) is 1.49. The number of benzene rings is 1. The average Bonchev–Trinajstić information content (AvgIpc) is 2.32. The highest BCUT2D eigenvalue weighted by atomic mass is 16.5. The van der Waals surface area contributed by atoms with Crippen LogP contribution in [0.15, 0.2) is 12.1 Å². The molecule has 1 aromatic carbocycles. The van der Waals surface area contributed by atoms with E-state index in [0.29, 0.717) is 13.0 Å². The Morgan fingerprint density at radius 1 is 1.41 bits per heavy atom. The number of methoxy groups -OCH3 is 1. The van der Waals surface area contributed by atoms with Crippen LogP contribution in [0, 0.1) is 25.2 Å². The average molecular weight is 232 g/mol. The summed E-state index contributed by atoms with van der Waals surface area (Å²) in [6, 6.07) is 5.56. The van der Waals surface area contributed by atoms with Crippen LogP contribution in [0.1, 0.15) is 16.7 Å². The molecular formula is C13H16N2O2. The zero-order valence-corrected chi connectivity index (χ0v) is 10.3. The quantitative estimate of drug-likeness (QED) is 0.800. The number of aryl methyl sites for hydroxylation is 2. The van der Waals surface area contributed by atoms with Crippen LogP contribution in [0.25, 0.3) is 0 Å². The molecule has 0 saturated heterocycles. The SMILES string of the molecule is COc1cc(C)c(CCNC(=O)C#N)cc1C. The third-order valence-electron chi connectivity index (χ3n) is 2.63. The van der Waals surface area contributed by atoms with Crippen LogP contribution < -0.4 is 10.1 Å². The number of nitrogens with one attached hydrogen (secondary N) is 1. The molecule has 0 radical (unpaired) electrons. The molecule has 1 aromatic rings. The van der Waals surface area contributed by atoms with Crippen LogP contribution >= 0.6 is 0 Å². The lowest BCUT2D eigenvalue weighted by molar-refractivity contribution is -0.115. The van der Waals surface area contributed by atoms with Gasteiger partial charge in [-0.1, -0.05) is 6.07 Å². The number of rotatable bonds is 4. The van der Waals surface area contributed by atoms with Crippen LogP contribution in [0.5, 0.6) is 5.75 Å². The maximum absolute atomic E-state index is 10.8. The molecular weight excluding hydrogens is 216 g/mol. The Morgan fingerprint density at radius 3 is 2.71 bits per heavy atom. The molecule has 0 heterocycles. The molecule has 90 valence electrons. The minimum absolute atomic E-state index is 0.471. The molecule has 1 rings (SSSR count). The van der Waals surface area contributed by atoms with Gasteiger partial charge in [-0.2, -0.15) is 5.26 Å². The standard InChI is InChI=1S/C13H16N2O2/c1-9-7-12(17-3)10(2)6-11(9)4-5-15-13(16)8-14/h6-7H,4-5H2,1-3H3,(H,15,16). The summed E-state index contributed by atoms with van der Waals surface area (Å²) in [5.74, 6) is 0.278. The van der Waals surface area contributed by atoms with Crippen molar-refractivity contribution in [2.75, 3.05) is 13.7 Å². The lowest BCUT2D eigenvalue weighted by atomic mass is 10.0. The van der Waals surface area contributed by atoms with Crippen LogP contribution in [0.2, 0.25) is 0 Å². The molecule has 17 heavy (non-hydrogen) atoms. The van der Waals surface area contributed by atoms with Gasteiger partial charge in [0, 0.05) is 6.54 Å². The van der Waals surface area contributed by atoms with Gasteiger partial charge in [0.2, 0.25) is 0 Å². The number of nitrogens with zero attached hydrogens (tertiary/aromatic N) is 1. The van der Waals surface area contributed by atoms with Crippen molar-refractivity contribution in [2.45, 2.75) is 20.3 Å². The lowest BCUT2D eigenvalue weighted by Crippen LogP contribution is -2.24. The first-order chi connectivity index (χ1) is 8.08. The third-order valence-corrected chi connectivity index (χ3v) is 2.63. The van der Waals surface area contributed by atoms with Gasteiger partial charge in [0.05, 0.1) is 7.11 Å². The summed E-state index contributed by atoms with van der Waals surface area (Å²) in [6.45, 7) is 4.46. The van der Waals surface area contributed by atoms with Crippen molar-refractivity contribution in [1.82, 2.24) is 5.32 Å². The molecule has 4 heteroatoms. The molecule has 0 fully saturated rings. The van der Waals surface area contributed by atoms with Gasteiger partial charge in [-0.15, -0.1) is 0 Å². The first-order valence-electron chi connectivity index (χ1n) is 5.40. The van der Waals surface area contributed by atoms with Gasteiger partial charge >= 0.3 is 5.91 Å². The van der Waals surface area contributed by atoms with Gasteiger partial charge in [-0.3, -0.25) is 4.79 Å². The van der Waals surface area contributed by atoms with E-state index in [-0.39, 0.29) is 0 Å². The maximum atomic E-state index is 10.8. The highest BCUT2D eigenvalue weighted by molar-refractivity contribution is 5.91. The largest absolute Gasteiger partial charge is 0.496 e. The molecule has 0 aliphatic heterocycles. The first-order valence-corrected chi connectivity index (χ1v) is 5.40. The summed E-state index contributed by atoms with van der Waals surface area (Å²) >= 11 is 0. The maximum Gasteiger partial charge on any atom is 0.322 e. The van der Waals surface area contributed by atoms with Crippen molar-refractivity contribution < 1.29 is 9.53 Å². The highest BCUT2D eigenvalue weighted by Crippen LogP contribution is 2.22. The van der Waals surface area contributed by atoms with Crippen molar-refractivity contribution >= 4 is 5.91 Å². The first kappa shape index (κ1) is 13.0. The van der Waals surface area contributed by atoms with E-state index in [1.807, 2.05) is 26.0 Å². The van der Waals surface area contributed by atoms with Gasteiger partial charge in [-0.25, -0.2) is 0 Å². The fraction of sp³-hybridized carbons (Fsp3) is 0.385. The molecule has 1 N–H and O–H groups in total. The minimum atomic E-state index is -0.590. The molecule has 0 aromatic heterocycles. The van der Waals surface area contributed by atoms with Gasteiger partial charge in [0.1, 0.15) is 5.75 Å². The number of carbonyl (C=O) groups is 1. The van der Waals surface area contributed by atoms with Crippen LogP contribution in [0.3, 0.4) is 0 Å². The Balaban J connectivity index is 2.69. The molecule has 4 nitrogen and oxygen atoms in total. The molecule has 0 saturated carbocycles. The number of nitriles is 1. The van der Waals surface area contributed by atoms with Gasteiger partial charge in [-0.05, 0) is 43.0 Å². The minimum Gasteiger partial charge on any atom is -0.496 e. The van der Waals surface area contributed by atoms with Crippen molar-refractivity contribution in [3.63, 3.8) is 0 Å². The normalized spacial score (nSPS) is 9.53. The summed E-state index contributed by atoms with van der Waals surface area (Å²) in [6.07, 6.45) is 0.712. The lowest BCUT2D eigenvalue weighted by Gasteiger charge is -2.11. The number of hydrogen-bond acceptors (Lipinski definition) is 3. The predicted molar refractivity (Wildman–Crippen MR) is 64.8 cm³/mol. The van der Waals surface area contributed by atoms with Gasteiger partial charge < -0.3 is 10.1 Å². The number of carbonyl (C=O) groups excluding carboxylic acids is 1. The van der Waals surface area contributed by atoms with Crippen molar-refractivity contribution in [2.24, 2.45) is 0 Å².